The molecular weight excluding hydrogens is 256 g/mol. The quantitative estimate of drug-likeness (QED) is 0.572. The maximum absolute atomic E-state index is 12.0. The number of esters is 1. The summed E-state index contributed by atoms with van der Waals surface area (Å²) in [4.78, 5) is 23.1. The highest BCUT2D eigenvalue weighted by molar-refractivity contribution is 5.98. The van der Waals surface area contributed by atoms with Gasteiger partial charge in [0.25, 0.3) is 0 Å². The van der Waals surface area contributed by atoms with Crippen molar-refractivity contribution in [3.63, 3.8) is 0 Å². The van der Waals surface area contributed by atoms with Crippen molar-refractivity contribution in [3.05, 3.63) is 23.5 Å². The largest absolute Gasteiger partial charge is 0.459 e. The lowest BCUT2D eigenvalue weighted by molar-refractivity contribution is -0.174. The van der Waals surface area contributed by atoms with Crippen LogP contribution in [0.3, 0.4) is 0 Å². The van der Waals surface area contributed by atoms with Gasteiger partial charge in [0, 0.05) is 31.8 Å². The van der Waals surface area contributed by atoms with Gasteiger partial charge in [0.15, 0.2) is 5.78 Å². The van der Waals surface area contributed by atoms with Gasteiger partial charge in [-0.05, 0) is 25.2 Å². The second-order valence-corrected chi connectivity index (χ2v) is 5.31. The van der Waals surface area contributed by atoms with Gasteiger partial charge in [-0.1, -0.05) is 19.1 Å². The van der Waals surface area contributed by atoms with Gasteiger partial charge in [-0.25, -0.2) is 0 Å². The van der Waals surface area contributed by atoms with E-state index < -0.39 is 6.29 Å². The van der Waals surface area contributed by atoms with E-state index in [4.69, 9.17) is 9.47 Å². The molecule has 0 fully saturated rings. The molecule has 0 unspecified atom stereocenters. The molecule has 0 saturated heterocycles. The van der Waals surface area contributed by atoms with Gasteiger partial charge >= 0.3 is 5.97 Å². The van der Waals surface area contributed by atoms with Crippen LogP contribution in [0, 0.1) is 5.92 Å². The van der Waals surface area contributed by atoms with E-state index in [0.29, 0.717) is 19.3 Å². The number of hydrogen-bond acceptors (Lipinski definition) is 4. The Kier molecular flexibility index (Phi) is 4.99. The summed E-state index contributed by atoms with van der Waals surface area (Å²) in [6, 6.07) is 0. The third-order valence-electron chi connectivity index (χ3n) is 3.72. The summed E-state index contributed by atoms with van der Waals surface area (Å²) < 4.78 is 10.8. The van der Waals surface area contributed by atoms with Crippen molar-refractivity contribution in [1.82, 2.24) is 0 Å². The Bertz CT molecular complexity index is 447. The number of carbonyl (C=O) groups excluding carboxylic acids is 2. The first-order valence-electron chi connectivity index (χ1n) is 7.37. The molecule has 110 valence electrons. The van der Waals surface area contributed by atoms with Crippen LogP contribution >= 0.6 is 0 Å². The molecule has 1 heterocycles. The average molecular weight is 278 g/mol. The fourth-order valence-corrected chi connectivity index (χ4v) is 2.89. The van der Waals surface area contributed by atoms with Crippen LogP contribution in [0.5, 0.6) is 0 Å². The first kappa shape index (κ1) is 14.8. The van der Waals surface area contributed by atoms with Crippen LogP contribution in [-0.2, 0) is 19.1 Å². The van der Waals surface area contributed by atoms with Gasteiger partial charge in [-0.3, -0.25) is 9.59 Å². The molecule has 0 saturated carbocycles. The normalized spacial score (nSPS) is 25.8. The highest BCUT2D eigenvalue weighted by Gasteiger charge is 2.38. The molecule has 1 aliphatic heterocycles. The number of carbonyl (C=O) groups is 2. The van der Waals surface area contributed by atoms with Gasteiger partial charge in [0.2, 0.25) is 6.29 Å². The zero-order chi connectivity index (χ0) is 14.5. The molecule has 0 spiro atoms. The molecule has 0 N–H and O–H groups in total. The molecular formula is C16H22O4. The van der Waals surface area contributed by atoms with Crippen LogP contribution in [0.15, 0.2) is 23.5 Å². The van der Waals surface area contributed by atoms with Crippen LogP contribution in [0.2, 0.25) is 0 Å². The van der Waals surface area contributed by atoms with E-state index in [1.54, 1.807) is 0 Å². The van der Waals surface area contributed by atoms with Gasteiger partial charge in [0.1, 0.15) is 5.76 Å². The molecule has 0 radical (unpaired) electrons. The van der Waals surface area contributed by atoms with E-state index >= 15 is 0 Å². The third kappa shape index (κ3) is 3.50. The molecule has 2 atom stereocenters. The van der Waals surface area contributed by atoms with E-state index in [1.165, 1.54) is 6.92 Å². The van der Waals surface area contributed by atoms with E-state index in [0.717, 1.165) is 30.6 Å². The van der Waals surface area contributed by atoms with Crippen LogP contribution in [0.1, 0.15) is 52.4 Å². The minimum atomic E-state index is -0.530. The number of ketones is 1. The van der Waals surface area contributed by atoms with Gasteiger partial charge in [-0.2, -0.15) is 0 Å². The Balaban J connectivity index is 2.05. The van der Waals surface area contributed by atoms with Crippen molar-refractivity contribution in [2.45, 2.75) is 58.7 Å². The number of allylic oxidation sites excluding steroid dienone is 4. The summed E-state index contributed by atoms with van der Waals surface area (Å²) in [5.74, 6) is 0.760. The van der Waals surface area contributed by atoms with Crippen molar-refractivity contribution < 1.29 is 19.1 Å². The summed E-state index contributed by atoms with van der Waals surface area (Å²) in [5, 5.41) is 0. The molecule has 0 bridgehead atoms. The molecule has 4 heteroatoms. The standard InChI is InChI=1S/C16H22O4/c1-3-4-5-6-7-12-10-15(19-11(2)17)20-14-9-8-13(18)16(12)14/h4-5,12,15H,3,6-10H2,1-2H3/b5-4+/t12-,15+/m1/s1. The first-order valence-corrected chi connectivity index (χ1v) is 7.37. The molecule has 1 aliphatic carbocycles. The molecule has 0 aromatic heterocycles. The fourth-order valence-electron chi connectivity index (χ4n) is 2.89. The molecule has 2 rings (SSSR count). The fraction of sp³-hybridized carbons (Fsp3) is 0.625. The summed E-state index contributed by atoms with van der Waals surface area (Å²) in [5.41, 5.74) is 0.846. The lowest BCUT2D eigenvalue weighted by atomic mass is 9.87. The van der Waals surface area contributed by atoms with E-state index in [9.17, 15) is 9.59 Å². The van der Waals surface area contributed by atoms with Crippen molar-refractivity contribution in [2.75, 3.05) is 0 Å². The zero-order valence-electron chi connectivity index (χ0n) is 12.2. The second kappa shape index (κ2) is 6.73. The summed E-state index contributed by atoms with van der Waals surface area (Å²) in [6.45, 7) is 3.48. The topological polar surface area (TPSA) is 52.6 Å². The monoisotopic (exact) mass is 278 g/mol. The Morgan fingerprint density at radius 1 is 1.40 bits per heavy atom. The smallest absolute Gasteiger partial charge is 0.305 e. The molecule has 2 aliphatic rings. The lowest BCUT2D eigenvalue weighted by Gasteiger charge is -2.30. The molecule has 0 aromatic rings. The van der Waals surface area contributed by atoms with E-state index in [-0.39, 0.29) is 17.7 Å². The van der Waals surface area contributed by atoms with E-state index in [1.807, 2.05) is 0 Å². The van der Waals surface area contributed by atoms with Gasteiger partial charge in [0.05, 0.1) is 0 Å². The van der Waals surface area contributed by atoms with Gasteiger partial charge in [-0.15, -0.1) is 0 Å². The van der Waals surface area contributed by atoms with Crippen LogP contribution in [0.4, 0.5) is 0 Å². The Morgan fingerprint density at radius 3 is 2.90 bits per heavy atom. The van der Waals surface area contributed by atoms with E-state index in [2.05, 4.69) is 19.1 Å². The average Bonchev–Trinajstić information content (AvgIpc) is 2.75. The van der Waals surface area contributed by atoms with Crippen molar-refractivity contribution in [1.29, 1.82) is 0 Å². The first-order chi connectivity index (χ1) is 9.61. The SMILES string of the molecule is CC/C=C/CC[C@@H]1C[C@@H](OC(C)=O)OC2=C1C(=O)CC2. The lowest BCUT2D eigenvalue weighted by Crippen LogP contribution is -2.29. The Labute approximate surface area is 119 Å². The minimum Gasteiger partial charge on any atom is -0.459 e. The van der Waals surface area contributed by atoms with Crippen LogP contribution in [0.25, 0.3) is 0 Å². The minimum absolute atomic E-state index is 0.152. The second-order valence-electron chi connectivity index (χ2n) is 5.31. The zero-order valence-corrected chi connectivity index (χ0v) is 12.2. The Hall–Kier alpha value is -1.58. The number of Topliss-reactive ketones (excluding diaryl/α,β-unsaturated/α-hetero) is 1. The molecule has 0 amide bonds. The maximum atomic E-state index is 12.0. The maximum Gasteiger partial charge on any atom is 0.305 e. The molecule has 20 heavy (non-hydrogen) atoms. The highest BCUT2D eigenvalue weighted by atomic mass is 16.7. The number of ether oxygens (including phenoxy) is 2. The van der Waals surface area contributed by atoms with Crippen molar-refractivity contribution in [2.24, 2.45) is 5.92 Å². The summed E-state index contributed by atoms with van der Waals surface area (Å²) in [6.07, 6.45) is 8.38. The molecule has 4 nitrogen and oxygen atoms in total. The predicted molar refractivity (Wildman–Crippen MR) is 74.7 cm³/mol. The van der Waals surface area contributed by atoms with Crippen LogP contribution in [-0.4, -0.2) is 18.0 Å². The summed E-state index contributed by atoms with van der Waals surface area (Å²) in [7, 11) is 0. The summed E-state index contributed by atoms with van der Waals surface area (Å²) >= 11 is 0. The van der Waals surface area contributed by atoms with Gasteiger partial charge < -0.3 is 9.47 Å². The highest BCUT2D eigenvalue weighted by Crippen LogP contribution is 2.40. The number of rotatable bonds is 5. The van der Waals surface area contributed by atoms with Crippen molar-refractivity contribution in [3.8, 4) is 0 Å². The van der Waals surface area contributed by atoms with Crippen molar-refractivity contribution >= 4 is 11.8 Å². The number of hydrogen-bond donors (Lipinski definition) is 0. The third-order valence-corrected chi connectivity index (χ3v) is 3.72. The molecule has 0 aromatic carbocycles. The Morgan fingerprint density at radius 2 is 2.20 bits per heavy atom. The van der Waals surface area contributed by atoms with Crippen LogP contribution < -0.4 is 0 Å². The predicted octanol–water partition coefficient (Wildman–Crippen LogP) is 3.28.